The van der Waals surface area contributed by atoms with Crippen LogP contribution < -0.4 is 15.5 Å². The Kier molecular flexibility index (Phi) is 5.85. The summed E-state index contributed by atoms with van der Waals surface area (Å²) >= 11 is 0. The average Bonchev–Trinajstić information content (AvgIpc) is 2.79. The molecule has 0 saturated heterocycles. The lowest BCUT2D eigenvalue weighted by Gasteiger charge is -2.14. The summed E-state index contributed by atoms with van der Waals surface area (Å²) in [5.41, 5.74) is 4.22. The lowest BCUT2D eigenvalue weighted by molar-refractivity contribution is 1.08. The van der Waals surface area contributed by atoms with Crippen molar-refractivity contribution in [2.75, 3.05) is 29.6 Å². The molecule has 0 aliphatic carbocycles. The second-order valence-corrected chi connectivity index (χ2v) is 7.10. The van der Waals surface area contributed by atoms with Crippen LogP contribution in [0, 0.1) is 0 Å². The number of anilines is 4. The van der Waals surface area contributed by atoms with Crippen LogP contribution in [-0.2, 0) is 6.54 Å². The van der Waals surface area contributed by atoms with E-state index in [1.165, 1.54) is 0 Å². The summed E-state index contributed by atoms with van der Waals surface area (Å²) in [6.45, 7) is 0.657. The SMILES string of the molecule is CN(C)c1ccc(Nc2cc(NCc3ccncc3)nc(-c3ccccc3)n2)cc1. The predicted molar refractivity (Wildman–Crippen MR) is 123 cm³/mol. The van der Waals surface area contributed by atoms with E-state index in [0.717, 1.165) is 34.1 Å². The van der Waals surface area contributed by atoms with Crippen molar-refractivity contribution in [3.63, 3.8) is 0 Å². The largest absolute Gasteiger partial charge is 0.378 e. The van der Waals surface area contributed by atoms with Crippen molar-refractivity contribution >= 4 is 23.0 Å². The molecule has 2 aromatic heterocycles. The molecular formula is C24H24N6. The number of rotatable bonds is 7. The second-order valence-electron chi connectivity index (χ2n) is 7.10. The topological polar surface area (TPSA) is 66.0 Å². The van der Waals surface area contributed by atoms with Gasteiger partial charge in [-0.15, -0.1) is 0 Å². The van der Waals surface area contributed by atoms with Gasteiger partial charge in [-0.25, -0.2) is 9.97 Å². The van der Waals surface area contributed by atoms with E-state index in [0.29, 0.717) is 12.4 Å². The maximum atomic E-state index is 4.73. The minimum atomic E-state index is 0.657. The minimum Gasteiger partial charge on any atom is -0.378 e. The first kappa shape index (κ1) is 19.4. The Labute approximate surface area is 176 Å². The summed E-state index contributed by atoms with van der Waals surface area (Å²) in [5, 5.41) is 6.79. The molecule has 0 unspecified atom stereocenters. The van der Waals surface area contributed by atoms with Crippen LogP contribution in [0.1, 0.15) is 5.56 Å². The molecule has 0 spiro atoms. The van der Waals surface area contributed by atoms with Crippen LogP contribution in [0.2, 0.25) is 0 Å². The van der Waals surface area contributed by atoms with Gasteiger partial charge in [-0.05, 0) is 42.0 Å². The smallest absolute Gasteiger partial charge is 0.163 e. The van der Waals surface area contributed by atoms with Gasteiger partial charge in [0.05, 0.1) is 0 Å². The Morgan fingerprint density at radius 1 is 0.800 bits per heavy atom. The lowest BCUT2D eigenvalue weighted by atomic mass is 10.2. The monoisotopic (exact) mass is 396 g/mol. The van der Waals surface area contributed by atoms with E-state index in [1.807, 2.05) is 74.8 Å². The Morgan fingerprint density at radius 3 is 2.20 bits per heavy atom. The quantitative estimate of drug-likeness (QED) is 0.460. The van der Waals surface area contributed by atoms with Gasteiger partial charge in [-0.3, -0.25) is 4.98 Å². The molecular weight excluding hydrogens is 372 g/mol. The van der Waals surface area contributed by atoms with E-state index in [-0.39, 0.29) is 0 Å². The second kappa shape index (κ2) is 9.05. The van der Waals surface area contributed by atoms with E-state index < -0.39 is 0 Å². The number of pyridine rings is 1. The molecule has 2 heterocycles. The molecule has 0 fully saturated rings. The number of hydrogen-bond acceptors (Lipinski definition) is 6. The van der Waals surface area contributed by atoms with Crippen molar-refractivity contribution in [2.24, 2.45) is 0 Å². The Balaban J connectivity index is 1.61. The van der Waals surface area contributed by atoms with Crippen molar-refractivity contribution in [1.82, 2.24) is 15.0 Å². The first-order valence-corrected chi connectivity index (χ1v) is 9.79. The highest BCUT2D eigenvalue weighted by Gasteiger charge is 2.08. The summed E-state index contributed by atoms with van der Waals surface area (Å²) in [5.74, 6) is 2.16. The molecule has 4 rings (SSSR count). The molecule has 4 aromatic rings. The number of benzene rings is 2. The van der Waals surface area contributed by atoms with Crippen LogP contribution in [0.3, 0.4) is 0 Å². The van der Waals surface area contributed by atoms with Crippen LogP contribution >= 0.6 is 0 Å². The van der Waals surface area contributed by atoms with E-state index >= 15 is 0 Å². The van der Waals surface area contributed by atoms with Gasteiger partial charge in [0.2, 0.25) is 0 Å². The highest BCUT2D eigenvalue weighted by Crippen LogP contribution is 2.24. The maximum absolute atomic E-state index is 4.73. The number of aromatic nitrogens is 3. The van der Waals surface area contributed by atoms with E-state index in [1.54, 1.807) is 12.4 Å². The molecule has 0 amide bonds. The number of nitrogens with zero attached hydrogens (tertiary/aromatic N) is 4. The van der Waals surface area contributed by atoms with Gasteiger partial charge in [0.25, 0.3) is 0 Å². The Morgan fingerprint density at radius 2 is 1.50 bits per heavy atom. The molecule has 0 saturated carbocycles. The highest BCUT2D eigenvalue weighted by atomic mass is 15.1. The van der Waals surface area contributed by atoms with Crippen LogP contribution in [0.5, 0.6) is 0 Å². The predicted octanol–water partition coefficient (Wildman–Crippen LogP) is 4.96. The Bertz CT molecular complexity index is 1080. The molecule has 2 N–H and O–H groups in total. The zero-order chi connectivity index (χ0) is 20.8. The van der Waals surface area contributed by atoms with Gasteiger partial charge < -0.3 is 15.5 Å². The number of hydrogen-bond donors (Lipinski definition) is 2. The van der Waals surface area contributed by atoms with Gasteiger partial charge in [-0.1, -0.05) is 30.3 Å². The summed E-state index contributed by atoms with van der Waals surface area (Å²) < 4.78 is 0. The first-order chi connectivity index (χ1) is 14.7. The van der Waals surface area contributed by atoms with Crippen LogP contribution in [0.15, 0.2) is 85.2 Å². The third-order valence-corrected chi connectivity index (χ3v) is 4.64. The summed E-state index contributed by atoms with van der Waals surface area (Å²) in [6.07, 6.45) is 3.58. The fraction of sp³-hybridized carbons (Fsp3) is 0.125. The van der Waals surface area contributed by atoms with Crippen LogP contribution in [0.4, 0.5) is 23.0 Å². The molecule has 30 heavy (non-hydrogen) atoms. The number of nitrogens with one attached hydrogen (secondary N) is 2. The standard InChI is InChI=1S/C24H24N6/c1-30(2)21-10-8-20(9-11-21)27-23-16-22(26-17-18-12-14-25-15-13-18)28-24(29-23)19-6-4-3-5-7-19/h3-16H,17H2,1-2H3,(H2,26,27,28,29). The molecule has 150 valence electrons. The molecule has 6 heteroatoms. The summed E-state index contributed by atoms with van der Waals surface area (Å²) in [4.78, 5) is 15.6. The van der Waals surface area contributed by atoms with Crippen molar-refractivity contribution in [3.8, 4) is 11.4 Å². The summed E-state index contributed by atoms with van der Waals surface area (Å²) in [6, 6.07) is 24.1. The molecule has 2 aromatic carbocycles. The fourth-order valence-electron chi connectivity index (χ4n) is 3.00. The zero-order valence-corrected chi connectivity index (χ0v) is 17.1. The van der Waals surface area contributed by atoms with Crippen molar-refractivity contribution < 1.29 is 0 Å². The van der Waals surface area contributed by atoms with Crippen molar-refractivity contribution in [1.29, 1.82) is 0 Å². The van der Waals surface area contributed by atoms with Crippen molar-refractivity contribution in [2.45, 2.75) is 6.54 Å². The van der Waals surface area contributed by atoms with Gasteiger partial charge in [-0.2, -0.15) is 0 Å². The van der Waals surface area contributed by atoms with E-state index in [9.17, 15) is 0 Å². The third kappa shape index (κ3) is 4.91. The van der Waals surface area contributed by atoms with Gasteiger partial charge in [0.15, 0.2) is 5.82 Å². The normalized spacial score (nSPS) is 10.5. The van der Waals surface area contributed by atoms with Crippen LogP contribution in [0.25, 0.3) is 11.4 Å². The first-order valence-electron chi connectivity index (χ1n) is 9.79. The van der Waals surface area contributed by atoms with Gasteiger partial charge in [0.1, 0.15) is 11.6 Å². The van der Waals surface area contributed by atoms with Gasteiger partial charge >= 0.3 is 0 Å². The van der Waals surface area contributed by atoms with Gasteiger partial charge in [0, 0.05) is 56.0 Å². The lowest BCUT2D eigenvalue weighted by Crippen LogP contribution is -2.08. The zero-order valence-electron chi connectivity index (χ0n) is 17.1. The molecule has 0 aliphatic rings. The average molecular weight is 396 g/mol. The fourth-order valence-corrected chi connectivity index (χ4v) is 3.00. The van der Waals surface area contributed by atoms with Crippen LogP contribution in [-0.4, -0.2) is 29.0 Å². The molecule has 0 atom stereocenters. The minimum absolute atomic E-state index is 0.657. The molecule has 6 nitrogen and oxygen atoms in total. The third-order valence-electron chi connectivity index (χ3n) is 4.64. The highest BCUT2D eigenvalue weighted by molar-refractivity contribution is 5.66. The summed E-state index contributed by atoms with van der Waals surface area (Å²) in [7, 11) is 4.06. The van der Waals surface area contributed by atoms with E-state index in [2.05, 4.69) is 32.7 Å². The van der Waals surface area contributed by atoms with Crippen molar-refractivity contribution in [3.05, 3.63) is 90.8 Å². The molecule has 0 bridgehead atoms. The Hall–Kier alpha value is -3.93. The maximum Gasteiger partial charge on any atom is 0.163 e. The molecule has 0 radical (unpaired) electrons. The van der Waals surface area contributed by atoms with E-state index in [4.69, 9.17) is 9.97 Å². The molecule has 0 aliphatic heterocycles.